The van der Waals surface area contributed by atoms with Gasteiger partial charge in [-0.05, 0) is 42.6 Å². The lowest BCUT2D eigenvalue weighted by Crippen LogP contribution is -2.15. The second-order valence-electron chi connectivity index (χ2n) is 6.18. The van der Waals surface area contributed by atoms with Gasteiger partial charge in [0.25, 0.3) is 0 Å². The number of nitrogen functional groups attached to an aromatic ring is 1. The zero-order valence-corrected chi connectivity index (χ0v) is 17.9. The van der Waals surface area contributed by atoms with Crippen LogP contribution in [0.1, 0.15) is 33.8 Å². The van der Waals surface area contributed by atoms with E-state index in [9.17, 15) is 18.0 Å². The molecule has 0 radical (unpaired) electrons. The molecule has 3 N–H and O–H groups in total. The average Bonchev–Trinajstić information content (AvgIpc) is 3.14. The molecule has 158 valence electrons. The second kappa shape index (κ2) is 8.97. The number of hydrogen-bond acceptors (Lipinski definition) is 6. The minimum absolute atomic E-state index is 0.0312. The van der Waals surface area contributed by atoms with Gasteiger partial charge in [-0.15, -0.1) is 11.3 Å². The first-order valence-corrected chi connectivity index (χ1v) is 10.3. The van der Waals surface area contributed by atoms with Gasteiger partial charge < -0.3 is 15.3 Å². The Morgan fingerprint density at radius 2 is 1.93 bits per heavy atom. The SMILES string of the molecule is C[C@@H](Oc1ccsc1C(=O)ONc1ccc(Br)cc1N)c1ccccc1C(F)(F)F. The van der Waals surface area contributed by atoms with Gasteiger partial charge in [-0.25, -0.2) is 10.3 Å². The molecule has 1 atom stereocenters. The topological polar surface area (TPSA) is 73.6 Å². The largest absolute Gasteiger partial charge is 0.484 e. The highest BCUT2D eigenvalue weighted by Crippen LogP contribution is 2.37. The van der Waals surface area contributed by atoms with Crippen LogP contribution in [0, 0.1) is 0 Å². The molecule has 0 saturated carbocycles. The minimum Gasteiger partial charge on any atom is -0.484 e. The Balaban J connectivity index is 1.73. The zero-order valence-electron chi connectivity index (χ0n) is 15.5. The number of ether oxygens (including phenoxy) is 1. The Labute approximate surface area is 182 Å². The Morgan fingerprint density at radius 1 is 1.20 bits per heavy atom. The van der Waals surface area contributed by atoms with Gasteiger partial charge in [-0.2, -0.15) is 13.2 Å². The summed E-state index contributed by atoms with van der Waals surface area (Å²) in [6.07, 6.45) is -5.46. The van der Waals surface area contributed by atoms with E-state index in [1.807, 2.05) is 0 Å². The predicted molar refractivity (Wildman–Crippen MR) is 112 cm³/mol. The fourth-order valence-electron chi connectivity index (χ4n) is 2.68. The van der Waals surface area contributed by atoms with Crippen LogP contribution in [0.3, 0.4) is 0 Å². The smallest absolute Gasteiger partial charge is 0.416 e. The summed E-state index contributed by atoms with van der Waals surface area (Å²) >= 11 is 4.32. The zero-order chi connectivity index (χ0) is 21.9. The van der Waals surface area contributed by atoms with E-state index in [0.29, 0.717) is 11.4 Å². The maximum Gasteiger partial charge on any atom is 0.416 e. The molecule has 10 heteroatoms. The Hall–Kier alpha value is -2.72. The fourth-order valence-corrected chi connectivity index (χ4v) is 3.75. The van der Waals surface area contributed by atoms with Crippen molar-refractivity contribution < 1.29 is 27.5 Å². The molecular weight excluding hydrogens is 485 g/mol. The number of halogens is 4. The van der Waals surface area contributed by atoms with Crippen LogP contribution in [0.25, 0.3) is 0 Å². The molecule has 0 spiro atoms. The molecule has 0 aliphatic carbocycles. The lowest BCUT2D eigenvalue weighted by molar-refractivity contribution is -0.139. The van der Waals surface area contributed by atoms with Crippen LogP contribution in [-0.4, -0.2) is 5.97 Å². The van der Waals surface area contributed by atoms with Crippen LogP contribution < -0.4 is 16.0 Å². The van der Waals surface area contributed by atoms with Crippen LogP contribution in [0.2, 0.25) is 0 Å². The molecule has 0 unspecified atom stereocenters. The van der Waals surface area contributed by atoms with Crippen molar-refractivity contribution in [2.75, 3.05) is 11.2 Å². The van der Waals surface area contributed by atoms with Crippen LogP contribution in [0.5, 0.6) is 5.75 Å². The highest BCUT2D eigenvalue weighted by molar-refractivity contribution is 9.10. The molecule has 0 aliphatic heterocycles. The second-order valence-corrected chi connectivity index (χ2v) is 8.01. The van der Waals surface area contributed by atoms with Gasteiger partial charge >= 0.3 is 12.1 Å². The van der Waals surface area contributed by atoms with Crippen molar-refractivity contribution in [3.8, 4) is 5.75 Å². The Morgan fingerprint density at radius 3 is 2.63 bits per heavy atom. The van der Waals surface area contributed by atoms with E-state index in [1.54, 1.807) is 23.6 Å². The first-order chi connectivity index (χ1) is 14.2. The number of carbonyl (C=O) groups excluding carboxylic acids is 1. The Bertz CT molecular complexity index is 1060. The third-order valence-corrected chi connectivity index (χ3v) is 5.46. The monoisotopic (exact) mass is 500 g/mol. The van der Waals surface area contributed by atoms with Crippen molar-refractivity contribution in [3.05, 3.63) is 74.4 Å². The molecule has 1 aromatic heterocycles. The fraction of sp³-hybridized carbons (Fsp3) is 0.150. The summed E-state index contributed by atoms with van der Waals surface area (Å²) in [6.45, 7) is 1.48. The quantitative estimate of drug-likeness (QED) is 0.301. The number of rotatable bonds is 6. The molecule has 1 heterocycles. The number of benzene rings is 2. The summed E-state index contributed by atoms with van der Waals surface area (Å²) in [6, 6.07) is 11.6. The molecule has 0 bridgehead atoms. The third kappa shape index (κ3) is 5.06. The molecule has 0 amide bonds. The summed E-state index contributed by atoms with van der Waals surface area (Å²) in [7, 11) is 0. The molecular formula is C20H16BrF3N2O3S. The summed E-state index contributed by atoms with van der Waals surface area (Å²) in [5, 5.41) is 1.59. The predicted octanol–water partition coefficient (Wildman–Crippen LogP) is 6.44. The molecule has 0 fully saturated rings. The first kappa shape index (κ1) is 22.0. The number of carbonyl (C=O) groups is 1. The number of thiophene rings is 1. The summed E-state index contributed by atoms with van der Waals surface area (Å²) in [5.41, 5.74) is 8.24. The molecule has 5 nitrogen and oxygen atoms in total. The van der Waals surface area contributed by atoms with E-state index in [4.69, 9.17) is 15.3 Å². The lowest BCUT2D eigenvalue weighted by atomic mass is 10.0. The maximum atomic E-state index is 13.3. The van der Waals surface area contributed by atoms with Crippen LogP contribution >= 0.6 is 27.3 Å². The van der Waals surface area contributed by atoms with Crippen molar-refractivity contribution in [1.29, 1.82) is 0 Å². The number of alkyl halides is 3. The highest BCUT2D eigenvalue weighted by Gasteiger charge is 2.35. The van der Waals surface area contributed by atoms with Crippen molar-refractivity contribution >= 4 is 44.6 Å². The molecule has 0 saturated heterocycles. The number of nitrogens with two attached hydrogens (primary N) is 1. The Kier molecular flexibility index (Phi) is 6.57. The molecule has 3 aromatic rings. The molecule has 2 aromatic carbocycles. The van der Waals surface area contributed by atoms with Gasteiger partial charge in [0.05, 0.1) is 16.9 Å². The van der Waals surface area contributed by atoms with E-state index >= 15 is 0 Å². The van der Waals surface area contributed by atoms with Gasteiger partial charge in [-0.3, -0.25) is 0 Å². The van der Waals surface area contributed by atoms with Gasteiger partial charge in [0, 0.05) is 10.0 Å². The normalized spacial score (nSPS) is 12.3. The summed E-state index contributed by atoms with van der Waals surface area (Å²) < 4.78 is 46.2. The molecule has 30 heavy (non-hydrogen) atoms. The standard InChI is InChI=1S/C20H16BrF3N2O3S/c1-11(13-4-2-3-5-14(13)20(22,23)24)28-17-8-9-30-18(17)19(27)29-26-16-7-6-12(21)10-15(16)25/h2-11,26H,25H2,1H3/t11-/m1/s1. The van der Waals surface area contributed by atoms with E-state index < -0.39 is 23.8 Å². The molecule has 0 aliphatic rings. The van der Waals surface area contributed by atoms with Gasteiger partial charge in [0.2, 0.25) is 0 Å². The average molecular weight is 501 g/mol. The molecule has 3 rings (SSSR count). The van der Waals surface area contributed by atoms with Gasteiger partial charge in [0.1, 0.15) is 11.9 Å². The van der Waals surface area contributed by atoms with Gasteiger partial charge in [0.15, 0.2) is 4.88 Å². The van der Waals surface area contributed by atoms with E-state index in [1.165, 1.54) is 31.2 Å². The number of nitrogens with one attached hydrogen (secondary N) is 1. The van der Waals surface area contributed by atoms with E-state index in [2.05, 4.69) is 21.4 Å². The summed E-state index contributed by atoms with van der Waals surface area (Å²) in [4.78, 5) is 17.6. The van der Waals surface area contributed by atoms with Crippen molar-refractivity contribution in [1.82, 2.24) is 0 Å². The minimum atomic E-state index is -4.51. The maximum absolute atomic E-state index is 13.3. The van der Waals surface area contributed by atoms with Crippen LogP contribution in [0.4, 0.5) is 24.5 Å². The van der Waals surface area contributed by atoms with Crippen LogP contribution in [0.15, 0.2) is 58.4 Å². The number of anilines is 2. The summed E-state index contributed by atoms with van der Waals surface area (Å²) in [5.74, 6) is -0.626. The van der Waals surface area contributed by atoms with Crippen molar-refractivity contribution in [2.45, 2.75) is 19.2 Å². The van der Waals surface area contributed by atoms with Crippen LogP contribution in [-0.2, 0) is 11.0 Å². The van der Waals surface area contributed by atoms with E-state index in [-0.39, 0.29) is 16.2 Å². The highest BCUT2D eigenvalue weighted by atomic mass is 79.9. The first-order valence-electron chi connectivity index (χ1n) is 8.59. The van der Waals surface area contributed by atoms with Crippen molar-refractivity contribution in [2.24, 2.45) is 0 Å². The lowest BCUT2D eigenvalue weighted by Gasteiger charge is -2.19. The third-order valence-electron chi connectivity index (χ3n) is 4.09. The number of hydrogen-bond donors (Lipinski definition) is 2. The van der Waals surface area contributed by atoms with Gasteiger partial charge in [-0.1, -0.05) is 34.1 Å². The van der Waals surface area contributed by atoms with Crippen molar-refractivity contribution in [3.63, 3.8) is 0 Å². The van der Waals surface area contributed by atoms with E-state index in [0.717, 1.165) is 21.9 Å².